The number of fused-ring (bicyclic) bond motifs is 1. The normalized spacial score (nSPS) is 20.2. The number of aromatic nitrogens is 2. The third-order valence-electron chi connectivity index (χ3n) is 4.66. The Labute approximate surface area is 138 Å². The van der Waals surface area contributed by atoms with E-state index in [-0.39, 0.29) is 17.4 Å². The van der Waals surface area contributed by atoms with Crippen molar-refractivity contribution in [2.75, 3.05) is 19.8 Å². The van der Waals surface area contributed by atoms with E-state index in [2.05, 4.69) is 4.98 Å². The number of oxazole rings is 1. The number of aryl methyl sites for hydroxylation is 1. The van der Waals surface area contributed by atoms with Crippen LogP contribution in [0, 0.1) is 0 Å². The molecule has 1 fully saturated rings. The number of amides is 1. The Morgan fingerprint density at radius 1 is 1.42 bits per heavy atom. The smallest absolute Gasteiger partial charge is 0.254 e. The standard InChI is InChI=1S/C17H19N3O4/c1-19-5-2-11(8-15(19)21)17(22)20-6-3-14-13(9-20)18-16(24-14)12-4-7-23-10-12/h2,5,8,12H,3-4,6-7,9-10H2,1H3. The van der Waals surface area contributed by atoms with Crippen LogP contribution in [0.5, 0.6) is 0 Å². The molecule has 1 amide bonds. The molecular weight excluding hydrogens is 310 g/mol. The SMILES string of the molecule is Cn1ccc(C(=O)N2CCc3oc(C4CCOC4)nc3C2)cc1=O. The fourth-order valence-electron chi connectivity index (χ4n) is 3.16. The molecule has 126 valence electrons. The van der Waals surface area contributed by atoms with Gasteiger partial charge in [-0.05, 0) is 12.5 Å². The van der Waals surface area contributed by atoms with Crippen LogP contribution < -0.4 is 5.56 Å². The van der Waals surface area contributed by atoms with Crippen molar-refractivity contribution in [3.05, 3.63) is 51.6 Å². The Morgan fingerprint density at radius 2 is 2.29 bits per heavy atom. The zero-order chi connectivity index (χ0) is 16.7. The molecule has 1 unspecified atom stereocenters. The first-order chi connectivity index (χ1) is 11.6. The Morgan fingerprint density at radius 3 is 3.04 bits per heavy atom. The average molecular weight is 329 g/mol. The van der Waals surface area contributed by atoms with Crippen molar-refractivity contribution < 1.29 is 13.9 Å². The average Bonchev–Trinajstić information content (AvgIpc) is 3.24. The van der Waals surface area contributed by atoms with Crippen LogP contribution in [-0.2, 0) is 24.8 Å². The van der Waals surface area contributed by atoms with Gasteiger partial charge in [0.05, 0.1) is 19.1 Å². The summed E-state index contributed by atoms with van der Waals surface area (Å²) in [5.74, 6) is 1.66. The van der Waals surface area contributed by atoms with Gasteiger partial charge in [-0.15, -0.1) is 0 Å². The lowest BCUT2D eigenvalue weighted by atomic mass is 10.1. The van der Waals surface area contributed by atoms with E-state index >= 15 is 0 Å². The van der Waals surface area contributed by atoms with Gasteiger partial charge in [0.1, 0.15) is 11.5 Å². The minimum atomic E-state index is -0.191. The summed E-state index contributed by atoms with van der Waals surface area (Å²) >= 11 is 0. The zero-order valence-corrected chi connectivity index (χ0v) is 13.5. The molecule has 0 N–H and O–H groups in total. The topological polar surface area (TPSA) is 77.6 Å². The third-order valence-corrected chi connectivity index (χ3v) is 4.66. The molecule has 1 saturated heterocycles. The van der Waals surface area contributed by atoms with Gasteiger partial charge >= 0.3 is 0 Å². The molecule has 2 aromatic rings. The van der Waals surface area contributed by atoms with Crippen LogP contribution >= 0.6 is 0 Å². The van der Waals surface area contributed by atoms with E-state index in [1.54, 1.807) is 24.2 Å². The number of carbonyl (C=O) groups is 1. The number of ether oxygens (including phenoxy) is 1. The first-order valence-corrected chi connectivity index (χ1v) is 8.14. The molecule has 1 atom stereocenters. The molecule has 24 heavy (non-hydrogen) atoms. The third kappa shape index (κ3) is 2.65. The van der Waals surface area contributed by atoms with E-state index in [1.165, 1.54) is 10.6 Å². The van der Waals surface area contributed by atoms with Gasteiger partial charge < -0.3 is 18.6 Å². The van der Waals surface area contributed by atoms with Gasteiger partial charge in [0.15, 0.2) is 5.89 Å². The van der Waals surface area contributed by atoms with Crippen LogP contribution in [0.15, 0.2) is 27.5 Å². The summed E-state index contributed by atoms with van der Waals surface area (Å²) in [6, 6.07) is 3.05. The predicted molar refractivity (Wildman–Crippen MR) is 84.8 cm³/mol. The van der Waals surface area contributed by atoms with Crippen molar-refractivity contribution in [1.82, 2.24) is 14.5 Å². The largest absolute Gasteiger partial charge is 0.445 e. The Hall–Kier alpha value is -2.41. The second kappa shape index (κ2) is 5.90. The second-order valence-electron chi connectivity index (χ2n) is 6.32. The number of hydrogen-bond donors (Lipinski definition) is 0. The molecule has 0 bridgehead atoms. The number of rotatable bonds is 2. The van der Waals surface area contributed by atoms with Crippen molar-refractivity contribution in [3.63, 3.8) is 0 Å². The summed E-state index contributed by atoms with van der Waals surface area (Å²) in [6.07, 6.45) is 3.18. The summed E-state index contributed by atoms with van der Waals surface area (Å²) < 4.78 is 12.7. The van der Waals surface area contributed by atoms with Crippen molar-refractivity contribution in [3.8, 4) is 0 Å². The molecule has 0 radical (unpaired) electrons. The van der Waals surface area contributed by atoms with Gasteiger partial charge in [-0.1, -0.05) is 0 Å². The Kier molecular flexibility index (Phi) is 3.72. The maximum atomic E-state index is 12.6. The lowest BCUT2D eigenvalue weighted by Crippen LogP contribution is -2.36. The van der Waals surface area contributed by atoms with E-state index in [1.807, 2.05) is 0 Å². The van der Waals surface area contributed by atoms with Crippen molar-refractivity contribution in [2.45, 2.75) is 25.3 Å². The van der Waals surface area contributed by atoms with E-state index in [4.69, 9.17) is 9.15 Å². The molecule has 4 heterocycles. The van der Waals surface area contributed by atoms with Crippen LogP contribution in [-0.4, -0.2) is 40.1 Å². The zero-order valence-electron chi connectivity index (χ0n) is 13.5. The summed E-state index contributed by atoms with van der Waals surface area (Å²) in [6.45, 7) is 2.37. The highest BCUT2D eigenvalue weighted by Crippen LogP contribution is 2.29. The molecule has 2 aliphatic rings. The molecule has 2 aromatic heterocycles. The van der Waals surface area contributed by atoms with Gasteiger partial charge in [0, 0.05) is 44.4 Å². The molecule has 0 saturated carbocycles. The number of carbonyl (C=O) groups excluding carboxylic acids is 1. The van der Waals surface area contributed by atoms with E-state index in [0.29, 0.717) is 31.7 Å². The fourth-order valence-corrected chi connectivity index (χ4v) is 3.16. The highest BCUT2D eigenvalue weighted by atomic mass is 16.5. The maximum Gasteiger partial charge on any atom is 0.254 e. The minimum absolute atomic E-state index is 0.146. The van der Waals surface area contributed by atoms with E-state index < -0.39 is 0 Å². The molecule has 7 heteroatoms. The Balaban J connectivity index is 1.54. The summed E-state index contributed by atoms with van der Waals surface area (Å²) in [4.78, 5) is 30.7. The van der Waals surface area contributed by atoms with Gasteiger partial charge in [0.2, 0.25) is 0 Å². The second-order valence-corrected chi connectivity index (χ2v) is 6.32. The van der Waals surface area contributed by atoms with E-state index in [9.17, 15) is 9.59 Å². The first kappa shape index (κ1) is 15.1. The molecule has 2 aliphatic heterocycles. The highest BCUT2D eigenvalue weighted by molar-refractivity contribution is 5.94. The van der Waals surface area contributed by atoms with Gasteiger partial charge in [0.25, 0.3) is 11.5 Å². The summed E-state index contributed by atoms with van der Waals surface area (Å²) in [5, 5.41) is 0. The molecule has 7 nitrogen and oxygen atoms in total. The van der Waals surface area contributed by atoms with Crippen LogP contribution in [0.2, 0.25) is 0 Å². The monoisotopic (exact) mass is 329 g/mol. The van der Waals surface area contributed by atoms with Crippen LogP contribution in [0.1, 0.15) is 40.0 Å². The van der Waals surface area contributed by atoms with E-state index in [0.717, 1.165) is 30.4 Å². The van der Waals surface area contributed by atoms with Crippen LogP contribution in [0.4, 0.5) is 0 Å². The van der Waals surface area contributed by atoms with Crippen molar-refractivity contribution in [2.24, 2.45) is 7.05 Å². The van der Waals surface area contributed by atoms with Crippen LogP contribution in [0.3, 0.4) is 0 Å². The summed E-state index contributed by atoms with van der Waals surface area (Å²) in [5.41, 5.74) is 1.04. The number of pyridine rings is 1. The lowest BCUT2D eigenvalue weighted by molar-refractivity contribution is 0.0727. The Bertz CT molecular complexity index is 833. The fraction of sp³-hybridized carbons (Fsp3) is 0.471. The van der Waals surface area contributed by atoms with Crippen molar-refractivity contribution >= 4 is 5.91 Å². The summed E-state index contributed by atoms with van der Waals surface area (Å²) in [7, 11) is 1.66. The van der Waals surface area contributed by atoms with Crippen molar-refractivity contribution in [1.29, 1.82) is 0 Å². The maximum absolute atomic E-state index is 12.6. The van der Waals surface area contributed by atoms with Gasteiger partial charge in [-0.25, -0.2) is 4.98 Å². The highest BCUT2D eigenvalue weighted by Gasteiger charge is 2.29. The molecule has 0 spiro atoms. The minimum Gasteiger partial charge on any atom is -0.445 e. The molecule has 0 aliphatic carbocycles. The van der Waals surface area contributed by atoms with Crippen LogP contribution in [0.25, 0.3) is 0 Å². The molecule has 0 aromatic carbocycles. The molecule has 4 rings (SSSR count). The molecular formula is C17H19N3O4. The number of nitrogens with zero attached hydrogens (tertiary/aromatic N) is 3. The van der Waals surface area contributed by atoms with Gasteiger partial charge in [-0.3, -0.25) is 9.59 Å². The predicted octanol–water partition coefficient (Wildman–Crippen LogP) is 1.08. The van der Waals surface area contributed by atoms with Gasteiger partial charge in [-0.2, -0.15) is 0 Å². The first-order valence-electron chi connectivity index (χ1n) is 8.14. The quantitative estimate of drug-likeness (QED) is 0.824. The number of hydrogen-bond acceptors (Lipinski definition) is 5. The lowest BCUT2D eigenvalue weighted by Gasteiger charge is -2.25.